The summed E-state index contributed by atoms with van der Waals surface area (Å²) in [7, 11) is -3.15. The summed E-state index contributed by atoms with van der Waals surface area (Å²) < 4.78 is 24.7. The minimum Gasteiger partial charge on any atom is -0.338 e. The second kappa shape index (κ2) is 7.54. The molecule has 2 aliphatic rings. The first-order valence-electron chi connectivity index (χ1n) is 8.75. The minimum atomic E-state index is -3.15. The molecule has 24 heavy (non-hydrogen) atoms. The van der Waals surface area contributed by atoms with E-state index >= 15 is 0 Å². The summed E-state index contributed by atoms with van der Waals surface area (Å²) in [6.07, 6.45) is 8.18. The molecule has 2 fully saturated rings. The molecule has 3 rings (SSSR count). The zero-order chi connectivity index (χ0) is 17.2. The van der Waals surface area contributed by atoms with Crippen LogP contribution in [-0.4, -0.2) is 45.1 Å². The number of carbonyl (C=O) groups is 1. The first kappa shape index (κ1) is 17.9. The van der Waals surface area contributed by atoms with Gasteiger partial charge in [0.15, 0.2) is 0 Å². The fourth-order valence-electron chi connectivity index (χ4n) is 3.93. The molecule has 2 atom stereocenters. The SMILES string of the molecule is CS(=O)(=O)NCCc1ccc(C(=O)N2CC[C@H]3CCCC[C@@H]3C2)s1. The summed E-state index contributed by atoms with van der Waals surface area (Å²) in [6, 6.07) is 3.82. The highest BCUT2D eigenvalue weighted by Gasteiger charge is 2.33. The molecule has 1 saturated heterocycles. The number of carbonyl (C=O) groups excluding carboxylic acids is 1. The Labute approximate surface area is 148 Å². The maximum absolute atomic E-state index is 12.7. The van der Waals surface area contributed by atoms with Gasteiger partial charge in [0.05, 0.1) is 11.1 Å². The number of thiophene rings is 1. The molecule has 0 radical (unpaired) electrons. The van der Waals surface area contributed by atoms with Gasteiger partial charge in [-0.2, -0.15) is 0 Å². The molecule has 1 amide bonds. The molecule has 0 bridgehead atoms. The quantitative estimate of drug-likeness (QED) is 0.866. The number of amides is 1. The van der Waals surface area contributed by atoms with E-state index in [1.807, 2.05) is 17.0 Å². The van der Waals surface area contributed by atoms with Crippen LogP contribution in [0, 0.1) is 11.8 Å². The molecule has 7 heteroatoms. The summed E-state index contributed by atoms with van der Waals surface area (Å²) in [6.45, 7) is 2.16. The van der Waals surface area contributed by atoms with Crippen molar-refractivity contribution in [2.24, 2.45) is 11.8 Å². The van der Waals surface area contributed by atoms with Crippen LogP contribution >= 0.6 is 11.3 Å². The van der Waals surface area contributed by atoms with Gasteiger partial charge in [0.25, 0.3) is 5.91 Å². The van der Waals surface area contributed by atoms with Crippen molar-refractivity contribution in [3.8, 4) is 0 Å². The maximum atomic E-state index is 12.7. The summed E-state index contributed by atoms with van der Waals surface area (Å²) >= 11 is 1.49. The van der Waals surface area contributed by atoms with E-state index in [4.69, 9.17) is 0 Å². The smallest absolute Gasteiger partial charge is 0.263 e. The highest BCUT2D eigenvalue weighted by molar-refractivity contribution is 7.88. The molecular formula is C17H26N2O3S2. The minimum absolute atomic E-state index is 0.145. The predicted molar refractivity (Wildman–Crippen MR) is 96.8 cm³/mol. The molecule has 134 valence electrons. The van der Waals surface area contributed by atoms with E-state index in [-0.39, 0.29) is 5.91 Å². The lowest BCUT2D eigenvalue weighted by Crippen LogP contribution is -2.44. The largest absolute Gasteiger partial charge is 0.338 e. The first-order chi connectivity index (χ1) is 11.4. The van der Waals surface area contributed by atoms with E-state index in [1.54, 1.807) is 0 Å². The summed E-state index contributed by atoms with van der Waals surface area (Å²) in [5, 5.41) is 0. The van der Waals surface area contributed by atoms with Gasteiger partial charge < -0.3 is 4.90 Å². The second-order valence-corrected chi connectivity index (χ2v) is 10.0. The average molecular weight is 371 g/mol. The van der Waals surface area contributed by atoms with Gasteiger partial charge >= 0.3 is 0 Å². The van der Waals surface area contributed by atoms with Crippen LogP contribution in [0.2, 0.25) is 0 Å². The number of sulfonamides is 1. The number of piperidine rings is 1. The molecule has 1 aliphatic heterocycles. The third-order valence-corrected chi connectivity index (χ3v) is 7.05. The van der Waals surface area contributed by atoms with Gasteiger partial charge in [0, 0.05) is 24.5 Å². The van der Waals surface area contributed by atoms with Gasteiger partial charge in [-0.05, 0) is 43.2 Å². The highest BCUT2D eigenvalue weighted by atomic mass is 32.2. The Morgan fingerprint density at radius 2 is 2.00 bits per heavy atom. The Morgan fingerprint density at radius 1 is 1.25 bits per heavy atom. The van der Waals surface area contributed by atoms with Crippen molar-refractivity contribution >= 4 is 27.3 Å². The second-order valence-electron chi connectivity index (χ2n) is 7.03. The van der Waals surface area contributed by atoms with Crippen LogP contribution in [0.3, 0.4) is 0 Å². The van der Waals surface area contributed by atoms with Crippen molar-refractivity contribution < 1.29 is 13.2 Å². The monoisotopic (exact) mass is 370 g/mol. The Morgan fingerprint density at radius 3 is 2.75 bits per heavy atom. The first-order valence-corrected chi connectivity index (χ1v) is 11.5. The summed E-state index contributed by atoms with van der Waals surface area (Å²) in [5.74, 6) is 1.66. The number of fused-ring (bicyclic) bond motifs is 1. The van der Waals surface area contributed by atoms with E-state index in [0.29, 0.717) is 18.9 Å². The van der Waals surface area contributed by atoms with Crippen molar-refractivity contribution in [2.75, 3.05) is 25.9 Å². The molecule has 0 unspecified atom stereocenters. The number of nitrogens with zero attached hydrogens (tertiary/aromatic N) is 1. The maximum Gasteiger partial charge on any atom is 0.263 e. The van der Waals surface area contributed by atoms with Gasteiger partial charge in [0.2, 0.25) is 10.0 Å². The van der Waals surface area contributed by atoms with Crippen molar-refractivity contribution in [3.05, 3.63) is 21.9 Å². The van der Waals surface area contributed by atoms with Gasteiger partial charge in [0.1, 0.15) is 0 Å². The lowest BCUT2D eigenvalue weighted by Gasteiger charge is -2.41. The normalized spacial score (nSPS) is 24.6. The Hall–Kier alpha value is -0.920. The Kier molecular flexibility index (Phi) is 5.62. The standard InChI is InChI=1S/C17H26N2O3S2/c1-24(21,22)18-10-8-15-6-7-16(23-15)17(20)19-11-9-13-4-2-3-5-14(13)12-19/h6-7,13-14,18H,2-5,8-12H2,1H3/t13-,14-/m1/s1. The number of rotatable bonds is 5. The zero-order valence-corrected chi connectivity index (χ0v) is 15.8. The van der Waals surface area contributed by atoms with Crippen molar-refractivity contribution in [1.29, 1.82) is 0 Å². The molecule has 1 aromatic heterocycles. The number of hydrogen-bond donors (Lipinski definition) is 1. The van der Waals surface area contributed by atoms with Crippen LogP contribution in [0.1, 0.15) is 46.7 Å². The van der Waals surface area contributed by atoms with Crippen LogP contribution in [0.4, 0.5) is 0 Å². The number of nitrogens with one attached hydrogen (secondary N) is 1. The summed E-state index contributed by atoms with van der Waals surface area (Å²) in [5.41, 5.74) is 0. The number of likely N-dealkylation sites (tertiary alicyclic amines) is 1. The van der Waals surface area contributed by atoms with Crippen LogP contribution in [0.5, 0.6) is 0 Å². The molecule has 1 aromatic rings. The molecule has 1 aliphatic carbocycles. The van der Waals surface area contributed by atoms with Crippen LogP contribution in [0.15, 0.2) is 12.1 Å². The van der Waals surface area contributed by atoms with E-state index < -0.39 is 10.0 Å². The van der Waals surface area contributed by atoms with E-state index in [1.165, 1.54) is 37.0 Å². The molecule has 0 aromatic carbocycles. The molecule has 1 saturated carbocycles. The average Bonchev–Trinajstić information content (AvgIpc) is 3.01. The van der Waals surface area contributed by atoms with E-state index in [2.05, 4.69) is 4.72 Å². The predicted octanol–water partition coefficient (Wildman–Crippen LogP) is 2.49. The molecule has 1 N–H and O–H groups in total. The lowest BCUT2D eigenvalue weighted by atomic mass is 9.75. The van der Waals surface area contributed by atoms with Gasteiger partial charge in [-0.25, -0.2) is 13.1 Å². The number of hydrogen-bond acceptors (Lipinski definition) is 4. The van der Waals surface area contributed by atoms with Gasteiger partial charge in [-0.15, -0.1) is 11.3 Å². The third kappa shape index (κ3) is 4.58. The Balaban J connectivity index is 1.55. The fourth-order valence-corrected chi connectivity index (χ4v) is 5.38. The lowest BCUT2D eigenvalue weighted by molar-refractivity contribution is 0.0525. The van der Waals surface area contributed by atoms with Crippen molar-refractivity contribution in [3.63, 3.8) is 0 Å². The van der Waals surface area contributed by atoms with Crippen molar-refractivity contribution in [2.45, 2.75) is 38.5 Å². The fraction of sp³-hybridized carbons (Fsp3) is 0.706. The van der Waals surface area contributed by atoms with Crippen LogP contribution in [0.25, 0.3) is 0 Å². The molecule has 0 spiro atoms. The van der Waals surface area contributed by atoms with Crippen LogP contribution < -0.4 is 4.72 Å². The van der Waals surface area contributed by atoms with Gasteiger partial charge in [-0.1, -0.05) is 19.3 Å². The zero-order valence-electron chi connectivity index (χ0n) is 14.2. The molecule has 5 nitrogen and oxygen atoms in total. The third-order valence-electron chi connectivity index (χ3n) is 5.19. The molecule has 2 heterocycles. The van der Waals surface area contributed by atoms with Crippen LogP contribution in [-0.2, 0) is 16.4 Å². The van der Waals surface area contributed by atoms with Crippen molar-refractivity contribution in [1.82, 2.24) is 9.62 Å². The van der Waals surface area contributed by atoms with E-state index in [0.717, 1.165) is 41.4 Å². The molecular weight excluding hydrogens is 344 g/mol. The Bertz CT molecular complexity index is 684. The highest BCUT2D eigenvalue weighted by Crippen LogP contribution is 2.36. The topological polar surface area (TPSA) is 66.5 Å². The van der Waals surface area contributed by atoms with E-state index in [9.17, 15) is 13.2 Å². The summed E-state index contributed by atoms with van der Waals surface area (Å²) in [4.78, 5) is 16.6. The van der Waals surface area contributed by atoms with Gasteiger partial charge in [-0.3, -0.25) is 4.79 Å².